The number of hydrogen-bond acceptors (Lipinski definition) is 4. The third-order valence-corrected chi connectivity index (χ3v) is 22.3. The van der Waals surface area contributed by atoms with Crippen LogP contribution in [0.2, 0.25) is 36.3 Å². The van der Waals surface area contributed by atoms with Crippen LogP contribution in [0.5, 0.6) is 0 Å². The van der Waals surface area contributed by atoms with E-state index in [9.17, 15) is 4.79 Å². The van der Waals surface area contributed by atoms with E-state index < -0.39 is 36.6 Å². The molecule has 1 atom stereocenters. The Morgan fingerprint density at radius 3 is 1.62 bits per heavy atom. The molecule has 7 heteroatoms. The third-order valence-electron chi connectivity index (χ3n) is 10.9. The number of hydrogen-bond donors (Lipinski definition) is 0. The van der Waals surface area contributed by atoms with Crippen LogP contribution in [-0.4, -0.2) is 41.9 Å². The molecule has 0 saturated heterocycles. The topological polar surface area (TPSA) is 44.8 Å². The molecule has 3 aromatic rings. The van der Waals surface area contributed by atoms with E-state index in [0.717, 1.165) is 22.3 Å². The van der Waals surface area contributed by atoms with Gasteiger partial charge in [-0.15, -0.1) is 0 Å². The summed E-state index contributed by atoms with van der Waals surface area (Å²) < 4.78 is 19.5. The summed E-state index contributed by atoms with van der Waals surface area (Å²) in [5, 5.41) is 3.91. The quantitative estimate of drug-likeness (QED) is 0.0633. The standard InChI is InChI=1S/C45H61O4PSi2/c1-34(32-47-51(9,10)44(3,4)5)30-36(31-35(2)33-48-52(11,12)45(6,7)8)49-43(46)41-28-21-27-39(41)40-26-19-20-29-42(40)50(37-22-15-13-16-23-37)38-24-17-14-18-25-38/h13-29,36,41H,1-2,30-33H2,3-12H3. The first kappa shape index (κ1) is 41.6. The normalized spacial score (nSPS) is 15.2. The molecule has 0 aromatic heterocycles. The number of allylic oxidation sites excluding steroid dienone is 2. The fourth-order valence-electron chi connectivity index (χ4n) is 5.59. The molecule has 4 nitrogen and oxygen atoms in total. The van der Waals surface area contributed by atoms with Crippen LogP contribution in [0, 0.1) is 5.92 Å². The Labute approximate surface area is 318 Å². The van der Waals surface area contributed by atoms with Gasteiger partial charge >= 0.3 is 5.97 Å². The number of carbonyl (C=O) groups excluding carboxylic acids is 1. The van der Waals surface area contributed by atoms with Gasteiger partial charge in [0.1, 0.15) is 12.0 Å². The minimum atomic E-state index is -1.98. The molecule has 0 fully saturated rings. The van der Waals surface area contributed by atoms with Crippen molar-refractivity contribution in [1.29, 1.82) is 0 Å². The zero-order chi connectivity index (χ0) is 38.3. The number of carbonyl (C=O) groups is 1. The summed E-state index contributed by atoms with van der Waals surface area (Å²) >= 11 is 0. The Morgan fingerprint density at radius 1 is 0.712 bits per heavy atom. The summed E-state index contributed by atoms with van der Waals surface area (Å²) in [6.45, 7) is 32.1. The van der Waals surface area contributed by atoms with Gasteiger partial charge in [0.25, 0.3) is 0 Å². The first-order valence-corrected chi connectivity index (χ1v) is 25.7. The molecule has 0 N–H and O–H groups in total. The molecule has 0 radical (unpaired) electrons. The minimum Gasteiger partial charge on any atom is -0.461 e. The Hall–Kier alpha value is -3.13. The van der Waals surface area contributed by atoms with Gasteiger partial charge in [-0.25, -0.2) is 0 Å². The van der Waals surface area contributed by atoms with E-state index >= 15 is 0 Å². The Kier molecular flexibility index (Phi) is 13.9. The van der Waals surface area contributed by atoms with Gasteiger partial charge < -0.3 is 13.6 Å². The minimum absolute atomic E-state index is 0.0870. The average molecular weight is 753 g/mol. The predicted molar refractivity (Wildman–Crippen MR) is 229 cm³/mol. The SMILES string of the molecule is C=C(CO[Si](C)(C)C(C)(C)C)CC(CC(=C)CO[Si](C)(C)C(C)(C)C)OC(=O)C1C=CC=C1c1ccccc1P(c1ccccc1)c1ccccc1. The molecule has 1 aliphatic rings. The number of rotatable bonds is 16. The third kappa shape index (κ3) is 10.7. The van der Waals surface area contributed by atoms with Gasteiger partial charge in [-0.05, 0) is 82.4 Å². The average Bonchev–Trinajstić information content (AvgIpc) is 3.57. The Balaban J connectivity index is 1.59. The van der Waals surface area contributed by atoms with Crippen LogP contribution in [0.4, 0.5) is 0 Å². The van der Waals surface area contributed by atoms with Crippen molar-refractivity contribution in [3.05, 3.63) is 133 Å². The maximum absolute atomic E-state index is 14.3. The fraction of sp³-hybridized carbons (Fsp3) is 0.400. The van der Waals surface area contributed by atoms with Crippen molar-refractivity contribution in [2.24, 2.45) is 5.92 Å². The van der Waals surface area contributed by atoms with Crippen LogP contribution >= 0.6 is 7.92 Å². The van der Waals surface area contributed by atoms with Crippen LogP contribution in [0.1, 0.15) is 59.9 Å². The van der Waals surface area contributed by atoms with E-state index in [0.29, 0.717) is 26.1 Å². The highest BCUT2D eigenvalue weighted by molar-refractivity contribution is 7.80. The van der Waals surface area contributed by atoms with E-state index in [-0.39, 0.29) is 16.0 Å². The molecular weight excluding hydrogens is 692 g/mol. The van der Waals surface area contributed by atoms with Gasteiger partial charge in [-0.3, -0.25) is 4.79 Å². The van der Waals surface area contributed by atoms with Gasteiger partial charge in [-0.2, -0.15) is 0 Å². The zero-order valence-corrected chi connectivity index (χ0v) is 36.2. The molecule has 278 valence electrons. The predicted octanol–water partition coefficient (Wildman–Crippen LogP) is 10.9. The summed E-state index contributed by atoms with van der Waals surface area (Å²) in [5.74, 6) is -0.791. The molecule has 52 heavy (non-hydrogen) atoms. The summed E-state index contributed by atoms with van der Waals surface area (Å²) in [5.41, 5.74) is 3.86. The van der Waals surface area contributed by atoms with Crippen LogP contribution in [-0.2, 0) is 18.4 Å². The van der Waals surface area contributed by atoms with Gasteiger partial charge in [0.05, 0.1) is 13.2 Å². The molecule has 0 aliphatic heterocycles. The molecule has 1 unspecified atom stereocenters. The zero-order valence-electron chi connectivity index (χ0n) is 33.3. The molecule has 0 heterocycles. The van der Waals surface area contributed by atoms with Crippen molar-refractivity contribution in [1.82, 2.24) is 0 Å². The van der Waals surface area contributed by atoms with Crippen LogP contribution in [0.3, 0.4) is 0 Å². The molecule has 4 rings (SSSR count). The summed E-state index contributed by atoms with van der Waals surface area (Å²) in [4.78, 5) is 14.3. The second kappa shape index (κ2) is 17.3. The van der Waals surface area contributed by atoms with Crippen LogP contribution in [0.15, 0.2) is 127 Å². The van der Waals surface area contributed by atoms with Crippen molar-refractivity contribution in [2.45, 2.75) is 96.8 Å². The molecule has 3 aromatic carbocycles. The monoisotopic (exact) mass is 752 g/mol. The van der Waals surface area contributed by atoms with Crippen molar-refractivity contribution in [2.75, 3.05) is 13.2 Å². The van der Waals surface area contributed by atoms with E-state index in [1.807, 2.05) is 12.2 Å². The maximum atomic E-state index is 14.3. The van der Waals surface area contributed by atoms with E-state index in [2.05, 4.69) is 172 Å². The summed E-state index contributed by atoms with van der Waals surface area (Å²) in [7, 11) is -4.84. The number of ether oxygens (including phenoxy) is 1. The van der Waals surface area contributed by atoms with E-state index in [1.165, 1.54) is 15.9 Å². The van der Waals surface area contributed by atoms with Gasteiger partial charge in [-0.1, -0.05) is 158 Å². The van der Waals surface area contributed by atoms with Crippen LogP contribution < -0.4 is 15.9 Å². The van der Waals surface area contributed by atoms with E-state index in [4.69, 9.17) is 13.6 Å². The highest BCUT2D eigenvalue weighted by atomic mass is 31.1. The molecular formula is C45H61O4PSi2. The lowest BCUT2D eigenvalue weighted by Crippen LogP contribution is -2.41. The smallest absolute Gasteiger partial charge is 0.317 e. The van der Waals surface area contributed by atoms with Crippen molar-refractivity contribution in [3.8, 4) is 0 Å². The second-order valence-corrected chi connectivity index (χ2v) is 28.9. The highest BCUT2D eigenvalue weighted by Crippen LogP contribution is 2.40. The highest BCUT2D eigenvalue weighted by Gasteiger charge is 2.39. The van der Waals surface area contributed by atoms with Gasteiger partial charge in [0.2, 0.25) is 0 Å². The lowest BCUT2D eigenvalue weighted by molar-refractivity contribution is -0.150. The molecule has 0 spiro atoms. The Morgan fingerprint density at radius 2 is 1.15 bits per heavy atom. The summed E-state index contributed by atoms with van der Waals surface area (Å²) in [6.07, 6.45) is 6.58. The van der Waals surface area contributed by atoms with Crippen molar-refractivity contribution in [3.63, 3.8) is 0 Å². The van der Waals surface area contributed by atoms with Crippen molar-refractivity contribution < 1.29 is 18.4 Å². The second-order valence-electron chi connectivity index (χ2n) is 17.1. The van der Waals surface area contributed by atoms with Gasteiger partial charge in [0.15, 0.2) is 16.6 Å². The van der Waals surface area contributed by atoms with Crippen molar-refractivity contribution >= 4 is 52.0 Å². The van der Waals surface area contributed by atoms with Gasteiger partial charge in [0, 0.05) is 12.8 Å². The molecule has 0 bridgehead atoms. The number of benzene rings is 3. The molecule has 1 aliphatic carbocycles. The fourth-order valence-corrected chi connectivity index (χ4v) is 10.1. The largest absolute Gasteiger partial charge is 0.461 e. The maximum Gasteiger partial charge on any atom is 0.317 e. The lowest BCUT2D eigenvalue weighted by Gasteiger charge is -2.37. The number of esters is 1. The first-order valence-electron chi connectivity index (χ1n) is 18.5. The molecule has 0 amide bonds. The summed E-state index contributed by atoms with van der Waals surface area (Å²) in [6, 6.07) is 29.9. The first-order chi connectivity index (χ1) is 24.3. The Bertz CT molecular complexity index is 1660. The lowest BCUT2D eigenvalue weighted by atomic mass is 9.95. The van der Waals surface area contributed by atoms with Crippen LogP contribution in [0.25, 0.3) is 5.57 Å². The molecule has 0 saturated carbocycles. The van der Waals surface area contributed by atoms with E-state index in [1.54, 1.807) is 0 Å².